The van der Waals surface area contributed by atoms with E-state index in [-0.39, 0.29) is 36.6 Å². The predicted molar refractivity (Wildman–Crippen MR) is 95.5 cm³/mol. The Morgan fingerprint density at radius 2 is 1.88 bits per heavy atom. The van der Waals surface area contributed by atoms with Crippen molar-refractivity contribution in [3.05, 3.63) is 23.8 Å². The lowest BCUT2D eigenvalue weighted by molar-refractivity contribution is -0.103. The summed E-state index contributed by atoms with van der Waals surface area (Å²) in [7, 11) is 0. The Balaban J connectivity index is 1.63. The van der Waals surface area contributed by atoms with Gasteiger partial charge in [0.25, 0.3) is 0 Å². The van der Waals surface area contributed by atoms with Gasteiger partial charge in [-0.1, -0.05) is 37.6 Å². The van der Waals surface area contributed by atoms with Crippen LogP contribution in [0.25, 0.3) is 0 Å². The normalized spacial score (nSPS) is 48.5. The summed E-state index contributed by atoms with van der Waals surface area (Å²) in [6, 6.07) is 0. The minimum absolute atomic E-state index is 0.0582. The van der Waals surface area contributed by atoms with Crippen molar-refractivity contribution in [1.29, 1.82) is 0 Å². The number of rotatable bonds is 4. The van der Waals surface area contributed by atoms with Crippen LogP contribution in [0, 0.1) is 28.6 Å². The Hall–Kier alpha value is -0.680. The van der Waals surface area contributed by atoms with Crippen LogP contribution in [0.15, 0.2) is 23.8 Å². The van der Waals surface area contributed by atoms with Crippen LogP contribution in [0.2, 0.25) is 0 Å². The van der Waals surface area contributed by atoms with Gasteiger partial charge in [0.1, 0.15) is 13.6 Å². The summed E-state index contributed by atoms with van der Waals surface area (Å²) in [4.78, 5) is 0. The van der Waals surface area contributed by atoms with E-state index in [4.69, 9.17) is 14.6 Å². The van der Waals surface area contributed by atoms with Gasteiger partial charge in [0.05, 0.1) is 12.2 Å². The first-order valence-electron chi connectivity index (χ1n) is 9.87. The summed E-state index contributed by atoms with van der Waals surface area (Å²) in [6.07, 6.45) is 14.1. The summed E-state index contributed by atoms with van der Waals surface area (Å²) in [5.74, 6) is 1.92. The molecular weight excluding hydrogens is 316 g/mol. The largest absolute Gasteiger partial charge is 0.371 e. The lowest BCUT2D eigenvalue weighted by Gasteiger charge is -2.55. The molecule has 2 saturated carbocycles. The van der Waals surface area contributed by atoms with Gasteiger partial charge in [0, 0.05) is 10.8 Å². The van der Waals surface area contributed by atoms with Crippen LogP contribution in [0.3, 0.4) is 0 Å². The predicted octanol–water partition coefficient (Wildman–Crippen LogP) is 3.40. The first kappa shape index (κ1) is 17.7. The van der Waals surface area contributed by atoms with Crippen molar-refractivity contribution < 1.29 is 19.7 Å². The summed E-state index contributed by atoms with van der Waals surface area (Å²) in [5.41, 5.74) is 1.94. The first-order valence-corrected chi connectivity index (χ1v) is 9.87. The Morgan fingerprint density at radius 1 is 1.08 bits per heavy atom. The second kappa shape index (κ2) is 6.49. The quantitative estimate of drug-likeness (QED) is 0.604. The summed E-state index contributed by atoms with van der Waals surface area (Å²) < 4.78 is 11.1. The van der Waals surface area contributed by atoms with Gasteiger partial charge < -0.3 is 19.7 Å². The second-order valence-corrected chi connectivity index (χ2v) is 8.93. The Kier molecular flexibility index (Phi) is 4.60. The minimum Gasteiger partial charge on any atom is -0.371 e. The third kappa shape index (κ3) is 2.64. The van der Waals surface area contributed by atoms with E-state index >= 15 is 0 Å². The molecule has 4 heteroatoms. The number of ether oxygens (including phenoxy) is 2. The topological polar surface area (TPSA) is 58.9 Å². The zero-order valence-electron chi connectivity index (χ0n) is 15.5. The molecule has 2 fully saturated rings. The van der Waals surface area contributed by atoms with Gasteiger partial charge >= 0.3 is 0 Å². The fraction of sp³-hybridized carbons (Fsp3) is 0.810. The molecule has 140 valence electrons. The van der Waals surface area contributed by atoms with Crippen LogP contribution in [-0.4, -0.2) is 36.0 Å². The lowest BCUT2D eigenvalue weighted by Crippen LogP contribution is -2.48. The van der Waals surface area contributed by atoms with Gasteiger partial charge in [-0.15, -0.1) is 0 Å². The second-order valence-electron chi connectivity index (χ2n) is 8.93. The fourth-order valence-electron chi connectivity index (χ4n) is 6.61. The standard InChI is InChI=1S/C21H32O4/c1-20-9-7-15(24-12-22)11-14(20)3-4-16-17-5-6-19(25-13-23)21(17,2)10-8-18(16)20/h7-9,14-17,19,22-23H,3-6,10-13H2,1-2H3/t14?,15?,16-,17-,19?,20-,21-/m0/s1. The molecule has 0 amide bonds. The maximum atomic E-state index is 9.25. The molecule has 3 unspecified atom stereocenters. The summed E-state index contributed by atoms with van der Waals surface area (Å²) in [5, 5.41) is 18.3. The van der Waals surface area contributed by atoms with E-state index in [2.05, 4.69) is 32.1 Å². The highest BCUT2D eigenvalue weighted by Gasteiger charge is 2.56. The Bertz CT molecular complexity index is 570. The molecule has 0 bridgehead atoms. The zero-order chi connectivity index (χ0) is 17.7. The molecule has 4 nitrogen and oxygen atoms in total. The zero-order valence-corrected chi connectivity index (χ0v) is 15.5. The number of hydrogen-bond acceptors (Lipinski definition) is 4. The molecule has 4 aliphatic rings. The van der Waals surface area contributed by atoms with Gasteiger partial charge in [-0.05, 0) is 56.3 Å². The SMILES string of the molecule is C[C@]12C=CC(OCO)CC1CC[C@@H]1C2=CC[C@]2(C)C(OCO)CC[C@@H]12. The van der Waals surface area contributed by atoms with E-state index in [1.807, 2.05) is 0 Å². The number of fused-ring (bicyclic) bond motifs is 5. The molecule has 0 aromatic rings. The van der Waals surface area contributed by atoms with Crippen molar-refractivity contribution in [1.82, 2.24) is 0 Å². The van der Waals surface area contributed by atoms with Crippen LogP contribution in [0.1, 0.15) is 52.4 Å². The monoisotopic (exact) mass is 348 g/mol. The van der Waals surface area contributed by atoms with Crippen molar-refractivity contribution in [3.8, 4) is 0 Å². The third-order valence-corrected chi connectivity index (χ3v) is 8.00. The van der Waals surface area contributed by atoms with E-state index in [1.165, 1.54) is 19.3 Å². The first-order chi connectivity index (χ1) is 12.0. The molecule has 0 heterocycles. The van der Waals surface area contributed by atoms with E-state index < -0.39 is 0 Å². The van der Waals surface area contributed by atoms with Gasteiger partial charge in [-0.2, -0.15) is 0 Å². The molecule has 0 radical (unpaired) electrons. The maximum Gasteiger partial charge on any atom is 0.144 e. The van der Waals surface area contributed by atoms with Crippen molar-refractivity contribution in [2.45, 2.75) is 64.6 Å². The highest BCUT2D eigenvalue weighted by Crippen LogP contribution is 2.63. The smallest absolute Gasteiger partial charge is 0.144 e. The number of hydrogen-bond donors (Lipinski definition) is 2. The molecule has 0 saturated heterocycles. The van der Waals surface area contributed by atoms with Crippen LogP contribution in [0.5, 0.6) is 0 Å². The molecule has 0 aliphatic heterocycles. The number of aliphatic hydroxyl groups is 2. The molecule has 0 aromatic heterocycles. The van der Waals surface area contributed by atoms with Crippen LogP contribution in [-0.2, 0) is 9.47 Å². The Labute approximate surface area is 150 Å². The van der Waals surface area contributed by atoms with E-state index in [0.29, 0.717) is 17.8 Å². The van der Waals surface area contributed by atoms with Crippen molar-refractivity contribution in [3.63, 3.8) is 0 Å². The molecule has 7 atom stereocenters. The molecule has 0 spiro atoms. The van der Waals surface area contributed by atoms with Crippen molar-refractivity contribution in [2.24, 2.45) is 28.6 Å². The van der Waals surface area contributed by atoms with Crippen LogP contribution >= 0.6 is 0 Å². The highest BCUT2D eigenvalue weighted by atomic mass is 16.6. The molecule has 2 N–H and O–H groups in total. The lowest BCUT2D eigenvalue weighted by atomic mass is 9.50. The maximum absolute atomic E-state index is 9.25. The minimum atomic E-state index is -0.198. The van der Waals surface area contributed by atoms with Crippen LogP contribution in [0.4, 0.5) is 0 Å². The Morgan fingerprint density at radius 3 is 2.64 bits per heavy atom. The fourth-order valence-corrected chi connectivity index (χ4v) is 6.61. The highest BCUT2D eigenvalue weighted by molar-refractivity contribution is 5.34. The molecular formula is C21H32O4. The van der Waals surface area contributed by atoms with E-state index in [9.17, 15) is 5.11 Å². The number of aliphatic hydroxyl groups excluding tert-OH is 2. The van der Waals surface area contributed by atoms with Gasteiger partial charge in [-0.3, -0.25) is 0 Å². The number of allylic oxidation sites excluding steroid dienone is 3. The van der Waals surface area contributed by atoms with Crippen molar-refractivity contribution in [2.75, 3.05) is 13.6 Å². The third-order valence-electron chi connectivity index (χ3n) is 8.00. The molecule has 4 aliphatic carbocycles. The van der Waals surface area contributed by atoms with Crippen LogP contribution < -0.4 is 0 Å². The van der Waals surface area contributed by atoms with Crippen molar-refractivity contribution >= 4 is 0 Å². The summed E-state index contributed by atoms with van der Waals surface area (Å²) >= 11 is 0. The molecule has 25 heavy (non-hydrogen) atoms. The average Bonchev–Trinajstić information content (AvgIpc) is 2.93. The van der Waals surface area contributed by atoms with Gasteiger partial charge in [0.2, 0.25) is 0 Å². The molecule has 0 aromatic carbocycles. The summed E-state index contributed by atoms with van der Waals surface area (Å²) in [6.45, 7) is 4.41. The molecule has 4 rings (SSSR count). The average molecular weight is 348 g/mol. The van der Waals surface area contributed by atoms with E-state index in [1.54, 1.807) is 5.57 Å². The van der Waals surface area contributed by atoms with Gasteiger partial charge in [-0.25, -0.2) is 0 Å². The van der Waals surface area contributed by atoms with E-state index in [0.717, 1.165) is 19.3 Å². The van der Waals surface area contributed by atoms with Gasteiger partial charge in [0.15, 0.2) is 0 Å².